The van der Waals surface area contributed by atoms with E-state index < -0.39 is 5.67 Å². The zero-order chi connectivity index (χ0) is 19.5. The Hall–Kier alpha value is -2.09. The van der Waals surface area contributed by atoms with E-state index in [9.17, 15) is 9.18 Å². The normalized spacial score (nSPS) is 30.5. The fraction of sp³-hybridized carbons (Fsp3) is 0.600. The van der Waals surface area contributed by atoms with Gasteiger partial charge < -0.3 is 4.98 Å². The van der Waals surface area contributed by atoms with Crippen LogP contribution in [0.15, 0.2) is 16.4 Å². The summed E-state index contributed by atoms with van der Waals surface area (Å²) in [6.07, 6.45) is 6.12. The molecule has 0 bridgehead atoms. The summed E-state index contributed by atoms with van der Waals surface area (Å²) in [6.45, 7) is 3.68. The molecule has 0 unspecified atom stereocenters. The third-order valence-corrected chi connectivity index (χ3v) is 7.26. The number of alkyl halides is 1. The summed E-state index contributed by atoms with van der Waals surface area (Å²) < 4.78 is 16.0. The number of aryl methyl sites for hydroxylation is 1. The van der Waals surface area contributed by atoms with Crippen LogP contribution in [-0.2, 0) is 0 Å². The number of nitrogens with zero attached hydrogens (tertiary/aromatic N) is 4. The summed E-state index contributed by atoms with van der Waals surface area (Å²) in [5.41, 5.74) is 0.494. The van der Waals surface area contributed by atoms with Crippen molar-refractivity contribution in [1.82, 2.24) is 24.7 Å². The summed E-state index contributed by atoms with van der Waals surface area (Å²) >= 11 is 1.66. The van der Waals surface area contributed by atoms with Crippen LogP contribution in [0.1, 0.15) is 79.9 Å². The molecule has 0 saturated heterocycles. The van der Waals surface area contributed by atoms with Crippen LogP contribution < -0.4 is 5.56 Å². The molecule has 3 aromatic heterocycles. The summed E-state index contributed by atoms with van der Waals surface area (Å²) in [5.74, 6) is 1.22. The van der Waals surface area contributed by atoms with Crippen LogP contribution in [0.3, 0.4) is 0 Å². The molecule has 0 amide bonds. The van der Waals surface area contributed by atoms with E-state index in [0.717, 1.165) is 42.2 Å². The molecule has 2 aliphatic carbocycles. The molecule has 3 aromatic rings. The van der Waals surface area contributed by atoms with Gasteiger partial charge in [-0.3, -0.25) is 4.79 Å². The number of hydrogen-bond acceptors (Lipinski definition) is 5. The van der Waals surface area contributed by atoms with Gasteiger partial charge in [-0.25, -0.2) is 19.0 Å². The molecule has 2 saturated carbocycles. The molecule has 1 N–H and O–H groups in total. The van der Waals surface area contributed by atoms with Gasteiger partial charge in [-0.1, -0.05) is 0 Å². The largest absolute Gasteiger partial charge is 0.310 e. The lowest BCUT2D eigenvalue weighted by molar-refractivity contribution is 0.103. The fourth-order valence-electron chi connectivity index (χ4n) is 4.58. The molecule has 6 nitrogen and oxygen atoms in total. The van der Waals surface area contributed by atoms with Gasteiger partial charge in [0.25, 0.3) is 5.56 Å². The molecule has 8 heteroatoms. The van der Waals surface area contributed by atoms with E-state index >= 15 is 0 Å². The SMILES string of the molecule is Cc1nc([C@H]2CC[C@H]2c2nc3c(cnn3C3CCC(C)(F)CC3)c(=O)[nH]2)cs1. The van der Waals surface area contributed by atoms with E-state index in [-0.39, 0.29) is 17.5 Å². The predicted octanol–water partition coefficient (Wildman–Crippen LogP) is 4.39. The van der Waals surface area contributed by atoms with Crippen LogP contribution in [0.2, 0.25) is 0 Å². The molecule has 5 rings (SSSR count). The smallest absolute Gasteiger partial charge is 0.262 e. The maximum atomic E-state index is 14.2. The second-order valence-corrected chi connectivity index (χ2v) is 9.57. The van der Waals surface area contributed by atoms with Gasteiger partial charge in [-0.15, -0.1) is 11.3 Å². The second-order valence-electron chi connectivity index (χ2n) is 8.50. The maximum absolute atomic E-state index is 14.2. The van der Waals surface area contributed by atoms with Crippen molar-refractivity contribution >= 4 is 22.4 Å². The standard InChI is InChI=1S/C20H24FN5OS/c1-11-23-16(10-28-11)13-3-4-14(13)17-24-18-15(19(27)25-17)9-22-26(18)12-5-7-20(2,21)8-6-12/h9-10,12-14H,3-8H2,1-2H3,(H,24,25,27)/t12?,13-,14+,20?/m0/s1. The van der Waals surface area contributed by atoms with Crippen molar-refractivity contribution in [3.63, 3.8) is 0 Å². The van der Waals surface area contributed by atoms with Crippen molar-refractivity contribution in [2.75, 3.05) is 0 Å². The molecule has 0 aromatic carbocycles. The van der Waals surface area contributed by atoms with Gasteiger partial charge in [-0.2, -0.15) is 5.10 Å². The number of halogens is 1. The lowest BCUT2D eigenvalue weighted by atomic mass is 9.71. The highest BCUT2D eigenvalue weighted by molar-refractivity contribution is 7.09. The topological polar surface area (TPSA) is 76.5 Å². The third kappa shape index (κ3) is 2.98. The summed E-state index contributed by atoms with van der Waals surface area (Å²) in [4.78, 5) is 25.1. The van der Waals surface area contributed by atoms with Crippen LogP contribution in [0.25, 0.3) is 11.0 Å². The number of thiazole rings is 1. The average Bonchev–Trinajstić information content (AvgIpc) is 3.21. The minimum atomic E-state index is -1.10. The first-order chi connectivity index (χ1) is 13.4. The zero-order valence-electron chi connectivity index (χ0n) is 16.1. The molecule has 148 valence electrons. The summed E-state index contributed by atoms with van der Waals surface area (Å²) in [7, 11) is 0. The molecule has 2 aliphatic rings. The molecule has 3 heterocycles. The van der Waals surface area contributed by atoms with Crippen LogP contribution in [0.4, 0.5) is 4.39 Å². The van der Waals surface area contributed by atoms with Crippen LogP contribution in [0, 0.1) is 6.92 Å². The highest BCUT2D eigenvalue weighted by atomic mass is 32.1. The van der Waals surface area contributed by atoms with Crippen LogP contribution in [0.5, 0.6) is 0 Å². The molecule has 0 aliphatic heterocycles. The summed E-state index contributed by atoms with van der Waals surface area (Å²) in [6, 6.07) is 0.0989. The number of rotatable bonds is 3. The maximum Gasteiger partial charge on any atom is 0.262 e. The van der Waals surface area contributed by atoms with Gasteiger partial charge >= 0.3 is 0 Å². The van der Waals surface area contributed by atoms with Crippen molar-refractivity contribution in [1.29, 1.82) is 0 Å². The van der Waals surface area contributed by atoms with E-state index in [2.05, 4.69) is 20.4 Å². The average molecular weight is 402 g/mol. The highest BCUT2D eigenvalue weighted by Gasteiger charge is 2.37. The Morgan fingerprint density at radius 1 is 1.21 bits per heavy atom. The molecular weight excluding hydrogens is 377 g/mol. The zero-order valence-corrected chi connectivity index (χ0v) is 16.9. The molecule has 2 atom stereocenters. The highest BCUT2D eigenvalue weighted by Crippen LogP contribution is 2.48. The molecule has 0 radical (unpaired) electrons. The Bertz CT molecular complexity index is 1070. The van der Waals surface area contributed by atoms with E-state index in [0.29, 0.717) is 29.8 Å². The van der Waals surface area contributed by atoms with Gasteiger partial charge in [-0.05, 0) is 52.4 Å². The number of hydrogen-bond donors (Lipinski definition) is 1. The number of H-pyrrole nitrogens is 1. The van der Waals surface area contributed by atoms with Crippen LogP contribution >= 0.6 is 11.3 Å². The van der Waals surface area contributed by atoms with Crippen molar-refractivity contribution in [3.8, 4) is 0 Å². The van der Waals surface area contributed by atoms with E-state index in [1.165, 1.54) is 0 Å². The third-order valence-electron chi connectivity index (χ3n) is 6.47. The summed E-state index contributed by atoms with van der Waals surface area (Å²) in [5, 5.41) is 8.14. The van der Waals surface area contributed by atoms with Crippen molar-refractivity contribution in [2.45, 2.75) is 75.9 Å². The quantitative estimate of drug-likeness (QED) is 0.706. The minimum absolute atomic E-state index is 0.0989. The first-order valence-corrected chi connectivity index (χ1v) is 10.9. The number of aromatic amines is 1. The van der Waals surface area contributed by atoms with Gasteiger partial charge in [0.15, 0.2) is 5.65 Å². The van der Waals surface area contributed by atoms with E-state index in [4.69, 9.17) is 4.98 Å². The number of nitrogens with one attached hydrogen (secondary N) is 1. The second kappa shape index (κ2) is 6.47. The Kier molecular flexibility index (Phi) is 4.15. The van der Waals surface area contributed by atoms with Gasteiger partial charge in [0.05, 0.1) is 22.9 Å². The Morgan fingerprint density at radius 2 is 1.96 bits per heavy atom. The lowest BCUT2D eigenvalue weighted by Crippen LogP contribution is -2.29. The first-order valence-electron chi connectivity index (χ1n) is 10.00. The lowest BCUT2D eigenvalue weighted by Gasteiger charge is -2.34. The monoisotopic (exact) mass is 401 g/mol. The Balaban J connectivity index is 1.49. The Labute approximate surface area is 166 Å². The minimum Gasteiger partial charge on any atom is -0.310 e. The number of aromatic nitrogens is 5. The Morgan fingerprint density at radius 3 is 2.61 bits per heavy atom. The van der Waals surface area contributed by atoms with Gasteiger partial charge in [0.1, 0.15) is 16.9 Å². The molecule has 0 spiro atoms. The van der Waals surface area contributed by atoms with Crippen LogP contribution in [-0.4, -0.2) is 30.4 Å². The molecule has 28 heavy (non-hydrogen) atoms. The van der Waals surface area contributed by atoms with E-state index in [1.807, 2.05) is 11.6 Å². The van der Waals surface area contributed by atoms with Gasteiger partial charge in [0, 0.05) is 17.2 Å². The fourth-order valence-corrected chi connectivity index (χ4v) is 5.25. The van der Waals surface area contributed by atoms with E-state index in [1.54, 1.807) is 24.5 Å². The molecular formula is C20H24FN5OS. The molecule has 2 fully saturated rings. The first kappa shape index (κ1) is 18.0. The van der Waals surface area contributed by atoms with Gasteiger partial charge in [0.2, 0.25) is 0 Å². The predicted molar refractivity (Wildman–Crippen MR) is 107 cm³/mol. The number of fused-ring (bicyclic) bond motifs is 1. The van der Waals surface area contributed by atoms with Crippen molar-refractivity contribution < 1.29 is 4.39 Å². The van der Waals surface area contributed by atoms with Crippen molar-refractivity contribution in [2.24, 2.45) is 0 Å². The van der Waals surface area contributed by atoms with Crippen molar-refractivity contribution in [3.05, 3.63) is 38.5 Å².